The Balaban J connectivity index is 2.09. The molecule has 3 N–H and O–H groups in total. The highest BCUT2D eigenvalue weighted by Crippen LogP contribution is 2.25. The van der Waals surface area contributed by atoms with Crippen LogP contribution in [0.25, 0.3) is 0 Å². The van der Waals surface area contributed by atoms with Gasteiger partial charge in [0, 0.05) is 24.8 Å². The molecule has 1 aliphatic heterocycles. The summed E-state index contributed by atoms with van der Waals surface area (Å²) in [4.78, 5) is 6.24. The second-order valence-electron chi connectivity index (χ2n) is 4.23. The summed E-state index contributed by atoms with van der Waals surface area (Å²) in [6, 6.07) is 3.57. The first-order valence-electron chi connectivity index (χ1n) is 5.94. The molecular formula is C12H19N3O2. The third kappa shape index (κ3) is 2.74. The summed E-state index contributed by atoms with van der Waals surface area (Å²) in [5.74, 6) is 0.372. The largest absolute Gasteiger partial charge is 0.385 e. The summed E-state index contributed by atoms with van der Waals surface area (Å²) in [5.41, 5.74) is 6.40. The minimum Gasteiger partial charge on any atom is -0.385 e. The SMILES string of the molecule is CCN1CCOC(C(O)c2cccnc2N)C1. The van der Waals surface area contributed by atoms with Crippen molar-refractivity contribution in [1.82, 2.24) is 9.88 Å². The van der Waals surface area contributed by atoms with Crippen LogP contribution in [0.1, 0.15) is 18.6 Å². The fraction of sp³-hybridized carbons (Fsp3) is 0.583. The Labute approximate surface area is 101 Å². The van der Waals surface area contributed by atoms with Crippen LogP contribution in [0.15, 0.2) is 18.3 Å². The number of aliphatic hydroxyl groups is 1. The first-order valence-corrected chi connectivity index (χ1v) is 5.94. The van der Waals surface area contributed by atoms with E-state index in [1.807, 2.05) is 0 Å². The second kappa shape index (κ2) is 5.44. The van der Waals surface area contributed by atoms with Crippen molar-refractivity contribution in [2.75, 3.05) is 32.0 Å². The molecule has 1 aromatic heterocycles. The predicted octanol–water partition coefficient (Wildman–Crippen LogP) is 0.418. The van der Waals surface area contributed by atoms with Crippen LogP contribution in [0.2, 0.25) is 0 Å². The monoisotopic (exact) mass is 237 g/mol. The average Bonchev–Trinajstić information content (AvgIpc) is 2.38. The Bertz CT molecular complexity index is 373. The molecule has 1 fully saturated rings. The summed E-state index contributed by atoms with van der Waals surface area (Å²) in [6.45, 7) is 5.37. The lowest BCUT2D eigenvalue weighted by atomic mass is 10.0. The predicted molar refractivity (Wildman–Crippen MR) is 65.5 cm³/mol. The fourth-order valence-corrected chi connectivity index (χ4v) is 2.09. The van der Waals surface area contributed by atoms with Crippen LogP contribution in [0, 0.1) is 0 Å². The van der Waals surface area contributed by atoms with Crippen molar-refractivity contribution in [2.45, 2.75) is 19.1 Å². The topological polar surface area (TPSA) is 71.6 Å². The Morgan fingerprint density at radius 2 is 2.53 bits per heavy atom. The van der Waals surface area contributed by atoms with Crippen LogP contribution >= 0.6 is 0 Å². The Morgan fingerprint density at radius 1 is 1.71 bits per heavy atom. The van der Waals surface area contributed by atoms with E-state index in [1.165, 1.54) is 0 Å². The van der Waals surface area contributed by atoms with E-state index in [2.05, 4.69) is 16.8 Å². The number of hydrogen-bond donors (Lipinski definition) is 2. The third-order valence-electron chi connectivity index (χ3n) is 3.17. The van der Waals surface area contributed by atoms with Crippen LogP contribution in [0.3, 0.4) is 0 Å². The lowest BCUT2D eigenvalue weighted by molar-refractivity contribution is -0.0887. The molecule has 2 unspecified atom stereocenters. The van der Waals surface area contributed by atoms with Gasteiger partial charge in [0.25, 0.3) is 0 Å². The maximum absolute atomic E-state index is 10.3. The molecule has 1 saturated heterocycles. The van der Waals surface area contributed by atoms with Gasteiger partial charge in [-0.3, -0.25) is 4.90 Å². The van der Waals surface area contributed by atoms with Gasteiger partial charge in [-0.15, -0.1) is 0 Å². The molecule has 94 valence electrons. The Hall–Kier alpha value is -1.17. The zero-order valence-electron chi connectivity index (χ0n) is 10.0. The van der Waals surface area contributed by atoms with Crippen molar-refractivity contribution in [2.24, 2.45) is 0 Å². The van der Waals surface area contributed by atoms with Gasteiger partial charge in [-0.25, -0.2) is 4.98 Å². The van der Waals surface area contributed by atoms with Gasteiger partial charge in [-0.1, -0.05) is 13.0 Å². The first kappa shape index (κ1) is 12.3. The number of likely N-dealkylation sites (N-methyl/N-ethyl adjacent to an activating group) is 1. The average molecular weight is 237 g/mol. The number of morpholine rings is 1. The summed E-state index contributed by atoms with van der Waals surface area (Å²) < 4.78 is 5.61. The molecule has 17 heavy (non-hydrogen) atoms. The number of pyridine rings is 1. The molecule has 1 aromatic rings. The number of nitrogen functional groups attached to an aromatic ring is 1. The summed E-state index contributed by atoms with van der Waals surface area (Å²) in [5, 5.41) is 10.3. The Morgan fingerprint density at radius 3 is 3.24 bits per heavy atom. The molecule has 0 spiro atoms. The molecule has 0 amide bonds. The minimum atomic E-state index is -0.710. The van der Waals surface area contributed by atoms with Crippen molar-refractivity contribution in [3.05, 3.63) is 23.9 Å². The molecule has 0 saturated carbocycles. The summed E-state index contributed by atoms with van der Waals surface area (Å²) >= 11 is 0. The number of rotatable bonds is 3. The number of aliphatic hydroxyl groups excluding tert-OH is 1. The van der Waals surface area contributed by atoms with Crippen LogP contribution in [0.4, 0.5) is 5.82 Å². The number of nitrogens with two attached hydrogens (primary N) is 1. The molecule has 0 aromatic carbocycles. The molecule has 0 radical (unpaired) electrons. The van der Waals surface area contributed by atoms with E-state index in [9.17, 15) is 5.11 Å². The molecule has 1 aliphatic rings. The highest BCUT2D eigenvalue weighted by molar-refractivity contribution is 5.40. The third-order valence-corrected chi connectivity index (χ3v) is 3.17. The molecule has 0 aliphatic carbocycles. The lowest BCUT2D eigenvalue weighted by Gasteiger charge is -2.34. The molecular weight excluding hydrogens is 218 g/mol. The highest BCUT2D eigenvalue weighted by atomic mass is 16.5. The maximum Gasteiger partial charge on any atom is 0.129 e. The van der Waals surface area contributed by atoms with E-state index in [0.717, 1.165) is 19.6 Å². The van der Waals surface area contributed by atoms with Gasteiger partial charge in [0.15, 0.2) is 0 Å². The number of anilines is 1. The summed E-state index contributed by atoms with van der Waals surface area (Å²) in [7, 11) is 0. The standard InChI is InChI=1S/C12H19N3O2/c1-2-15-6-7-17-10(8-15)11(16)9-4-3-5-14-12(9)13/h3-5,10-11,16H,2,6-8H2,1H3,(H2,13,14). The van der Waals surface area contributed by atoms with E-state index in [4.69, 9.17) is 10.5 Å². The second-order valence-corrected chi connectivity index (χ2v) is 4.23. The fourth-order valence-electron chi connectivity index (χ4n) is 2.09. The smallest absolute Gasteiger partial charge is 0.129 e. The normalized spacial score (nSPS) is 23.5. The zero-order chi connectivity index (χ0) is 12.3. The molecule has 0 bridgehead atoms. The van der Waals surface area contributed by atoms with Gasteiger partial charge in [-0.2, -0.15) is 0 Å². The van der Waals surface area contributed by atoms with Gasteiger partial charge < -0.3 is 15.6 Å². The summed E-state index contributed by atoms with van der Waals surface area (Å²) in [6.07, 6.45) is 0.680. The zero-order valence-corrected chi connectivity index (χ0v) is 10.0. The molecule has 5 nitrogen and oxygen atoms in total. The number of hydrogen-bond acceptors (Lipinski definition) is 5. The van der Waals surface area contributed by atoms with Gasteiger partial charge in [0.05, 0.1) is 6.61 Å². The number of nitrogens with zero attached hydrogens (tertiary/aromatic N) is 2. The van der Waals surface area contributed by atoms with Crippen molar-refractivity contribution in [3.63, 3.8) is 0 Å². The van der Waals surface area contributed by atoms with Gasteiger partial charge in [0.1, 0.15) is 18.0 Å². The van der Waals surface area contributed by atoms with Crippen molar-refractivity contribution in [3.8, 4) is 0 Å². The molecule has 2 heterocycles. The van der Waals surface area contributed by atoms with Crippen molar-refractivity contribution < 1.29 is 9.84 Å². The van der Waals surface area contributed by atoms with E-state index in [-0.39, 0.29) is 6.10 Å². The highest BCUT2D eigenvalue weighted by Gasteiger charge is 2.28. The lowest BCUT2D eigenvalue weighted by Crippen LogP contribution is -2.44. The molecule has 2 atom stereocenters. The van der Waals surface area contributed by atoms with E-state index in [0.29, 0.717) is 18.0 Å². The molecule has 5 heteroatoms. The van der Waals surface area contributed by atoms with Crippen LogP contribution in [-0.2, 0) is 4.74 Å². The van der Waals surface area contributed by atoms with Gasteiger partial charge >= 0.3 is 0 Å². The Kier molecular flexibility index (Phi) is 3.93. The number of ether oxygens (including phenoxy) is 1. The van der Waals surface area contributed by atoms with Gasteiger partial charge in [-0.05, 0) is 12.6 Å². The maximum atomic E-state index is 10.3. The van der Waals surface area contributed by atoms with E-state index in [1.54, 1.807) is 18.3 Å². The van der Waals surface area contributed by atoms with Crippen molar-refractivity contribution in [1.29, 1.82) is 0 Å². The quantitative estimate of drug-likeness (QED) is 0.797. The van der Waals surface area contributed by atoms with Crippen LogP contribution in [0.5, 0.6) is 0 Å². The minimum absolute atomic E-state index is 0.227. The first-order chi connectivity index (χ1) is 8.22. The van der Waals surface area contributed by atoms with Crippen molar-refractivity contribution >= 4 is 5.82 Å². The van der Waals surface area contributed by atoms with Crippen LogP contribution < -0.4 is 5.73 Å². The van der Waals surface area contributed by atoms with Gasteiger partial charge in [0.2, 0.25) is 0 Å². The number of aromatic nitrogens is 1. The van der Waals surface area contributed by atoms with E-state index >= 15 is 0 Å². The van der Waals surface area contributed by atoms with E-state index < -0.39 is 6.10 Å². The molecule has 2 rings (SSSR count). The van der Waals surface area contributed by atoms with Crippen LogP contribution in [-0.4, -0.2) is 47.3 Å².